The van der Waals surface area contributed by atoms with Gasteiger partial charge in [0.25, 0.3) is 0 Å². The quantitative estimate of drug-likeness (QED) is 0.517. The Morgan fingerprint density at radius 3 is 2.56 bits per heavy atom. The molecule has 2 aromatic heterocycles. The van der Waals surface area contributed by atoms with Gasteiger partial charge in [0, 0.05) is 32.0 Å². The number of aromatic nitrogens is 3. The van der Waals surface area contributed by atoms with Crippen molar-refractivity contribution in [3.8, 4) is 0 Å². The number of para-hydroxylation sites is 2. The molecule has 4 rings (SSSR count). The standard InChI is InChI=1S/C23H26N4/c1-3-27-22-12-8-7-11-21(22)25-23(27)18(2)24-15-20-13-14-26(17-20)16-19-9-5-4-6-10-19/h4-14,17-18,24H,3,15-16H2,1-2H3/t18-/m1/s1. The lowest BCUT2D eigenvalue weighted by Crippen LogP contribution is -2.21. The third-order valence-corrected chi connectivity index (χ3v) is 5.02. The lowest BCUT2D eigenvalue weighted by molar-refractivity contribution is 0.521. The summed E-state index contributed by atoms with van der Waals surface area (Å²) in [6.45, 7) is 7.02. The van der Waals surface area contributed by atoms with Crippen LogP contribution in [0.15, 0.2) is 73.1 Å². The molecule has 0 aliphatic heterocycles. The summed E-state index contributed by atoms with van der Waals surface area (Å²) < 4.78 is 4.53. The van der Waals surface area contributed by atoms with Gasteiger partial charge in [0.05, 0.1) is 17.1 Å². The third-order valence-electron chi connectivity index (χ3n) is 5.02. The fourth-order valence-electron chi connectivity index (χ4n) is 3.61. The van der Waals surface area contributed by atoms with Crippen LogP contribution in [0.3, 0.4) is 0 Å². The van der Waals surface area contributed by atoms with Crippen molar-refractivity contribution in [3.05, 3.63) is 90.0 Å². The first-order valence-electron chi connectivity index (χ1n) is 9.61. The number of imidazole rings is 1. The Hall–Kier alpha value is -2.85. The highest BCUT2D eigenvalue weighted by molar-refractivity contribution is 5.76. The minimum atomic E-state index is 0.190. The minimum absolute atomic E-state index is 0.190. The summed E-state index contributed by atoms with van der Waals surface area (Å²) in [5.41, 5.74) is 4.88. The van der Waals surface area contributed by atoms with Crippen molar-refractivity contribution in [3.63, 3.8) is 0 Å². The number of hydrogen-bond donors (Lipinski definition) is 1. The summed E-state index contributed by atoms with van der Waals surface area (Å²) in [7, 11) is 0. The molecule has 4 heteroatoms. The first kappa shape index (κ1) is 17.6. The molecule has 2 aromatic carbocycles. The number of nitrogens with zero attached hydrogens (tertiary/aromatic N) is 3. The Morgan fingerprint density at radius 1 is 0.963 bits per heavy atom. The molecule has 1 N–H and O–H groups in total. The number of nitrogens with one attached hydrogen (secondary N) is 1. The first-order chi connectivity index (χ1) is 13.2. The van der Waals surface area contributed by atoms with E-state index < -0.39 is 0 Å². The number of hydrogen-bond acceptors (Lipinski definition) is 2. The van der Waals surface area contributed by atoms with Gasteiger partial charge in [-0.05, 0) is 43.2 Å². The van der Waals surface area contributed by atoms with E-state index >= 15 is 0 Å². The lowest BCUT2D eigenvalue weighted by atomic mass is 10.2. The van der Waals surface area contributed by atoms with Gasteiger partial charge >= 0.3 is 0 Å². The summed E-state index contributed by atoms with van der Waals surface area (Å²) in [5, 5.41) is 3.63. The van der Waals surface area contributed by atoms with E-state index in [4.69, 9.17) is 4.98 Å². The SMILES string of the molecule is CCn1c([C@@H](C)NCc2ccn(Cc3ccccc3)c2)nc2ccccc21. The monoisotopic (exact) mass is 358 g/mol. The van der Waals surface area contributed by atoms with Crippen molar-refractivity contribution in [1.82, 2.24) is 19.4 Å². The van der Waals surface area contributed by atoms with Gasteiger partial charge in [0.15, 0.2) is 0 Å². The van der Waals surface area contributed by atoms with Crippen LogP contribution in [-0.4, -0.2) is 14.1 Å². The summed E-state index contributed by atoms with van der Waals surface area (Å²) in [5.74, 6) is 1.10. The highest BCUT2D eigenvalue weighted by Crippen LogP contribution is 2.21. The van der Waals surface area contributed by atoms with Crippen molar-refractivity contribution in [2.24, 2.45) is 0 Å². The van der Waals surface area contributed by atoms with Crippen LogP contribution in [0.1, 0.15) is 36.8 Å². The van der Waals surface area contributed by atoms with Crippen LogP contribution >= 0.6 is 0 Å². The zero-order valence-electron chi connectivity index (χ0n) is 16.0. The van der Waals surface area contributed by atoms with Gasteiger partial charge in [0.2, 0.25) is 0 Å². The van der Waals surface area contributed by atoms with E-state index in [1.807, 2.05) is 6.07 Å². The van der Waals surface area contributed by atoms with Crippen molar-refractivity contribution in [2.75, 3.05) is 0 Å². The summed E-state index contributed by atoms with van der Waals surface area (Å²) in [6, 6.07) is 21.3. The molecule has 0 aliphatic rings. The van der Waals surface area contributed by atoms with Crippen LogP contribution in [0.25, 0.3) is 11.0 Å². The summed E-state index contributed by atoms with van der Waals surface area (Å²) in [4.78, 5) is 4.85. The average Bonchev–Trinajstić information content (AvgIpc) is 3.31. The molecule has 138 valence electrons. The second-order valence-corrected chi connectivity index (χ2v) is 6.98. The molecule has 27 heavy (non-hydrogen) atoms. The molecule has 0 spiro atoms. The molecule has 0 unspecified atom stereocenters. The Labute approximate surface area is 160 Å². The predicted molar refractivity (Wildman–Crippen MR) is 111 cm³/mol. The molecular weight excluding hydrogens is 332 g/mol. The van der Waals surface area contributed by atoms with E-state index in [9.17, 15) is 0 Å². The molecule has 0 amide bonds. The van der Waals surface area contributed by atoms with E-state index in [0.29, 0.717) is 0 Å². The van der Waals surface area contributed by atoms with Gasteiger partial charge in [-0.1, -0.05) is 42.5 Å². The van der Waals surface area contributed by atoms with Crippen molar-refractivity contribution >= 4 is 11.0 Å². The van der Waals surface area contributed by atoms with E-state index in [0.717, 1.165) is 31.0 Å². The van der Waals surface area contributed by atoms with Crippen LogP contribution in [0.5, 0.6) is 0 Å². The smallest absolute Gasteiger partial charge is 0.126 e. The highest BCUT2D eigenvalue weighted by atomic mass is 15.1. The molecule has 2 heterocycles. The zero-order valence-corrected chi connectivity index (χ0v) is 16.0. The van der Waals surface area contributed by atoms with Crippen LogP contribution in [0, 0.1) is 0 Å². The average molecular weight is 358 g/mol. The third kappa shape index (κ3) is 3.81. The first-order valence-corrected chi connectivity index (χ1v) is 9.61. The maximum atomic E-state index is 4.85. The molecular formula is C23H26N4. The molecule has 0 bridgehead atoms. The van der Waals surface area contributed by atoms with Crippen LogP contribution < -0.4 is 5.32 Å². The number of benzene rings is 2. The van der Waals surface area contributed by atoms with Gasteiger partial charge in [-0.15, -0.1) is 0 Å². The van der Waals surface area contributed by atoms with E-state index in [2.05, 4.69) is 95.3 Å². The topological polar surface area (TPSA) is 34.8 Å². The van der Waals surface area contributed by atoms with E-state index in [1.165, 1.54) is 16.6 Å². The fourth-order valence-corrected chi connectivity index (χ4v) is 3.61. The normalized spacial score (nSPS) is 12.5. The molecule has 0 saturated heterocycles. The molecule has 0 aliphatic carbocycles. The van der Waals surface area contributed by atoms with Crippen LogP contribution in [0.4, 0.5) is 0 Å². The van der Waals surface area contributed by atoms with Gasteiger partial charge in [0.1, 0.15) is 5.82 Å². The summed E-state index contributed by atoms with van der Waals surface area (Å²) in [6.07, 6.45) is 4.37. The molecule has 0 radical (unpaired) electrons. The minimum Gasteiger partial charge on any atom is -0.350 e. The Morgan fingerprint density at radius 2 is 1.74 bits per heavy atom. The van der Waals surface area contributed by atoms with Crippen molar-refractivity contribution in [1.29, 1.82) is 0 Å². The zero-order chi connectivity index (χ0) is 18.6. The Bertz CT molecular complexity index is 1010. The highest BCUT2D eigenvalue weighted by Gasteiger charge is 2.15. The van der Waals surface area contributed by atoms with E-state index in [1.54, 1.807) is 0 Å². The maximum Gasteiger partial charge on any atom is 0.126 e. The molecule has 1 atom stereocenters. The van der Waals surface area contributed by atoms with Crippen molar-refractivity contribution < 1.29 is 0 Å². The Balaban J connectivity index is 1.43. The number of aryl methyl sites for hydroxylation is 1. The largest absolute Gasteiger partial charge is 0.350 e. The van der Waals surface area contributed by atoms with Crippen LogP contribution in [-0.2, 0) is 19.6 Å². The predicted octanol–water partition coefficient (Wildman–Crippen LogP) is 4.76. The van der Waals surface area contributed by atoms with Gasteiger partial charge in [-0.25, -0.2) is 4.98 Å². The van der Waals surface area contributed by atoms with E-state index in [-0.39, 0.29) is 6.04 Å². The lowest BCUT2D eigenvalue weighted by Gasteiger charge is -2.15. The summed E-state index contributed by atoms with van der Waals surface area (Å²) >= 11 is 0. The molecule has 4 nitrogen and oxygen atoms in total. The van der Waals surface area contributed by atoms with Gasteiger partial charge in [-0.3, -0.25) is 0 Å². The van der Waals surface area contributed by atoms with Gasteiger partial charge < -0.3 is 14.5 Å². The van der Waals surface area contributed by atoms with Crippen molar-refractivity contribution in [2.45, 2.75) is 39.5 Å². The number of fused-ring (bicyclic) bond motifs is 1. The molecule has 0 saturated carbocycles. The maximum absolute atomic E-state index is 4.85. The van der Waals surface area contributed by atoms with Crippen LogP contribution in [0.2, 0.25) is 0 Å². The number of rotatable bonds is 7. The molecule has 4 aromatic rings. The second-order valence-electron chi connectivity index (χ2n) is 6.98. The van der Waals surface area contributed by atoms with Gasteiger partial charge in [-0.2, -0.15) is 0 Å². The second kappa shape index (κ2) is 7.80. The fraction of sp³-hybridized carbons (Fsp3) is 0.261. The molecule has 0 fully saturated rings. The Kier molecular flexibility index (Phi) is 5.07.